The Kier molecular flexibility index (Phi) is 3.73. The molecule has 1 heterocycles. The lowest BCUT2D eigenvalue weighted by molar-refractivity contribution is 0.0540. The highest BCUT2D eigenvalue weighted by Gasteiger charge is 2.28. The standard InChI is InChI=1S/C13H20N2O3S/c1-13(7-4-8-18-9-13)15-10-5-3-6-11(12(10)14)19(2,16)17/h3,5-6,15H,4,7-9,14H2,1-2H3. The molecule has 6 heteroatoms. The zero-order valence-electron chi connectivity index (χ0n) is 11.3. The lowest BCUT2D eigenvalue weighted by Gasteiger charge is -2.35. The lowest BCUT2D eigenvalue weighted by atomic mass is 9.94. The minimum Gasteiger partial charge on any atom is -0.396 e. The number of ether oxygens (including phenoxy) is 1. The fourth-order valence-corrected chi connectivity index (χ4v) is 3.17. The first-order chi connectivity index (χ1) is 8.82. The van der Waals surface area contributed by atoms with Crippen LogP contribution in [-0.2, 0) is 14.6 Å². The van der Waals surface area contributed by atoms with E-state index >= 15 is 0 Å². The second-order valence-electron chi connectivity index (χ2n) is 5.33. The van der Waals surface area contributed by atoms with Crippen molar-refractivity contribution in [1.82, 2.24) is 0 Å². The van der Waals surface area contributed by atoms with Crippen LogP contribution in [0.1, 0.15) is 19.8 Å². The molecule has 0 radical (unpaired) electrons. The number of hydrogen-bond acceptors (Lipinski definition) is 5. The van der Waals surface area contributed by atoms with Crippen LogP contribution < -0.4 is 11.1 Å². The van der Waals surface area contributed by atoms with E-state index in [1.807, 2.05) is 0 Å². The summed E-state index contributed by atoms with van der Waals surface area (Å²) in [5.74, 6) is 0. The molecule has 2 rings (SSSR count). The summed E-state index contributed by atoms with van der Waals surface area (Å²) in [5, 5.41) is 3.32. The second kappa shape index (κ2) is 5.02. The Morgan fingerprint density at radius 2 is 2.16 bits per heavy atom. The summed E-state index contributed by atoms with van der Waals surface area (Å²) in [5.41, 5.74) is 6.68. The van der Waals surface area contributed by atoms with Crippen molar-refractivity contribution in [1.29, 1.82) is 0 Å². The van der Waals surface area contributed by atoms with Crippen molar-refractivity contribution in [2.24, 2.45) is 0 Å². The smallest absolute Gasteiger partial charge is 0.177 e. The summed E-state index contributed by atoms with van der Waals surface area (Å²) in [4.78, 5) is 0.165. The maximum absolute atomic E-state index is 11.6. The molecular formula is C13H20N2O3S. The number of benzene rings is 1. The van der Waals surface area contributed by atoms with Gasteiger partial charge in [0.15, 0.2) is 9.84 Å². The average molecular weight is 284 g/mol. The largest absolute Gasteiger partial charge is 0.396 e. The van der Waals surface area contributed by atoms with Gasteiger partial charge in [0.05, 0.1) is 28.4 Å². The molecule has 1 saturated heterocycles. The van der Waals surface area contributed by atoms with Gasteiger partial charge in [-0.3, -0.25) is 0 Å². The molecule has 1 aliphatic heterocycles. The summed E-state index contributed by atoms with van der Waals surface area (Å²) in [6.07, 6.45) is 3.11. The molecule has 0 aromatic heterocycles. The third-order valence-corrected chi connectivity index (χ3v) is 4.49. The molecule has 0 amide bonds. The Morgan fingerprint density at radius 3 is 2.74 bits per heavy atom. The van der Waals surface area contributed by atoms with Gasteiger partial charge in [-0.15, -0.1) is 0 Å². The number of nitrogens with one attached hydrogen (secondary N) is 1. The first kappa shape index (κ1) is 14.1. The van der Waals surface area contributed by atoms with E-state index in [0.29, 0.717) is 12.3 Å². The van der Waals surface area contributed by atoms with Crippen LogP contribution in [0.2, 0.25) is 0 Å². The van der Waals surface area contributed by atoms with Gasteiger partial charge in [-0.1, -0.05) is 6.07 Å². The summed E-state index contributed by atoms with van der Waals surface area (Å²) >= 11 is 0. The quantitative estimate of drug-likeness (QED) is 0.825. The SMILES string of the molecule is CC1(Nc2cccc(S(C)(=O)=O)c2N)CCCOC1. The van der Waals surface area contributed by atoms with Gasteiger partial charge in [0.25, 0.3) is 0 Å². The number of para-hydroxylation sites is 1. The van der Waals surface area contributed by atoms with Crippen molar-refractivity contribution >= 4 is 21.2 Å². The van der Waals surface area contributed by atoms with Gasteiger partial charge >= 0.3 is 0 Å². The van der Waals surface area contributed by atoms with Crippen molar-refractivity contribution in [3.63, 3.8) is 0 Å². The van der Waals surface area contributed by atoms with Crippen molar-refractivity contribution in [2.75, 3.05) is 30.5 Å². The minimum absolute atomic E-state index is 0.165. The summed E-state index contributed by atoms with van der Waals surface area (Å²) in [7, 11) is -3.31. The van der Waals surface area contributed by atoms with Crippen molar-refractivity contribution in [3.8, 4) is 0 Å². The number of sulfone groups is 1. The summed E-state index contributed by atoms with van der Waals surface area (Å²) < 4.78 is 28.8. The third kappa shape index (κ3) is 3.19. The van der Waals surface area contributed by atoms with Gasteiger partial charge < -0.3 is 15.8 Å². The van der Waals surface area contributed by atoms with Crippen molar-refractivity contribution < 1.29 is 13.2 Å². The van der Waals surface area contributed by atoms with Crippen LogP contribution in [0.4, 0.5) is 11.4 Å². The molecule has 1 aromatic rings. The van der Waals surface area contributed by atoms with E-state index in [1.165, 1.54) is 6.07 Å². The van der Waals surface area contributed by atoms with E-state index in [1.54, 1.807) is 12.1 Å². The highest BCUT2D eigenvalue weighted by molar-refractivity contribution is 7.90. The Hall–Kier alpha value is -1.27. The second-order valence-corrected chi connectivity index (χ2v) is 7.32. The molecule has 0 spiro atoms. The average Bonchev–Trinajstić information content (AvgIpc) is 2.31. The zero-order valence-corrected chi connectivity index (χ0v) is 12.1. The molecular weight excluding hydrogens is 264 g/mol. The first-order valence-electron chi connectivity index (χ1n) is 6.26. The molecule has 1 aliphatic rings. The minimum atomic E-state index is -3.31. The molecule has 0 bridgehead atoms. The van der Waals surface area contributed by atoms with E-state index < -0.39 is 9.84 Å². The molecule has 0 aliphatic carbocycles. The molecule has 3 N–H and O–H groups in total. The van der Waals surface area contributed by atoms with Crippen LogP contribution in [0.15, 0.2) is 23.1 Å². The fraction of sp³-hybridized carbons (Fsp3) is 0.538. The topological polar surface area (TPSA) is 81.4 Å². The Balaban J connectivity index is 2.31. The highest BCUT2D eigenvalue weighted by atomic mass is 32.2. The van der Waals surface area contributed by atoms with Crippen molar-refractivity contribution in [3.05, 3.63) is 18.2 Å². The van der Waals surface area contributed by atoms with Gasteiger partial charge in [-0.25, -0.2) is 8.42 Å². The highest BCUT2D eigenvalue weighted by Crippen LogP contribution is 2.31. The Labute approximate surface area is 114 Å². The molecule has 1 fully saturated rings. The van der Waals surface area contributed by atoms with Crippen LogP contribution in [-0.4, -0.2) is 33.4 Å². The third-order valence-electron chi connectivity index (χ3n) is 3.34. The molecule has 1 unspecified atom stereocenters. The molecule has 5 nitrogen and oxygen atoms in total. The van der Waals surface area contributed by atoms with E-state index in [4.69, 9.17) is 10.5 Å². The van der Waals surface area contributed by atoms with E-state index in [-0.39, 0.29) is 16.1 Å². The first-order valence-corrected chi connectivity index (χ1v) is 8.15. The molecule has 19 heavy (non-hydrogen) atoms. The number of hydrogen-bond donors (Lipinski definition) is 2. The Bertz CT molecular complexity index is 563. The van der Waals surface area contributed by atoms with Gasteiger partial charge in [0.2, 0.25) is 0 Å². The molecule has 106 valence electrons. The van der Waals surface area contributed by atoms with Crippen LogP contribution in [0, 0.1) is 0 Å². The van der Waals surface area contributed by atoms with Gasteiger partial charge in [-0.2, -0.15) is 0 Å². The van der Waals surface area contributed by atoms with Crippen LogP contribution >= 0.6 is 0 Å². The maximum Gasteiger partial charge on any atom is 0.177 e. The van der Waals surface area contributed by atoms with Crippen LogP contribution in [0.5, 0.6) is 0 Å². The summed E-state index contributed by atoms with van der Waals surface area (Å²) in [6, 6.07) is 5.02. The monoisotopic (exact) mass is 284 g/mol. The van der Waals surface area contributed by atoms with E-state index in [2.05, 4.69) is 12.2 Å². The molecule has 1 aromatic carbocycles. The number of anilines is 2. The number of nitrogens with two attached hydrogens (primary N) is 1. The molecule has 1 atom stereocenters. The molecule has 0 saturated carbocycles. The van der Waals surface area contributed by atoms with Crippen molar-refractivity contribution in [2.45, 2.75) is 30.2 Å². The zero-order chi connectivity index (χ0) is 14.1. The van der Waals surface area contributed by atoms with Crippen LogP contribution in [0.3, 0.4) is 0 Å². The lowest BCUT2D eigenvalue weighted by Crippen LogP contribution is -2.43. The normalized spacial score (nSPS) is 24.1. The van der Waals surface area contributed by atoms with E-state index in [0.717, 1.165) is 25.7 Å². The summed E-state index contributed by atoms with van der Waals surface area (Å²) in [6.45, 7) is 3.42. The predicted molar refractivity (Wildman–Crippen MR) is 76.0 cm³/mol. The fourth-order valence-electron chi connectivity index (χ4n) is 2.33. The predicted octanol–water partition coefficient (Wildman–Crippen LogP) is 1.65. The van der Waals surface area contributed by atoms with Gasteiger partial charge in [-0.05, 0) is 31.9 Å². The van der Waals surface area contributed by atoms with Crippen LogP contribution in [0.25, 0.3) is 0 Å². The number of rotatable bonds is 3. The van der Waals surface area contributed by atoms with Gasteiger partial charge in [0.1, 0.15) is 0 Å². The van der Waals surface area contributed by atoms with Gasteiger partial charge in [0, 0.05) is 12.9 Å². The Morgan fingerprint density at radius 1 is 1.42 bits per heavy atom. The number of nitrogen functional groups attached to an aromatic ring is 1. The maximum atomic E-state index is 11.6. The van der Waals surface area contributed by atoms with E-state index in [9.17, 15) is 8.42 Å².